The molecule has 0 saturated carbocycles. The van der Waals surface area contributed by atoms with Gasteiger partial charge < -0.3 is 4.74 Å². The zero-order valence-corrected chi connectivity index (χ0v) is 11.7. The maximum atomic E-state index is 11.6. The van der Waals surface area contributed by atoms with Gasteiger partial charge in [-0.05, 0) is 38.8 Å². The van der Waals surface area contributed by atoms with Crippen LogP contribution in [0.5, 0.6) is 5.75 Å². The van der Waals surface area contributed by atoms with Crippen LogP contribution in [0.25, 0.3) is 0 Å². The van der Waals surface area contributed by atoms with Gasteiger partial charge >= 0.3 is 5.69 Å². The topological polar surface area (TPSA) is 69.4 Å². The normalized spacial score (nSPS) is 12.3. The van der Waals surface area contributed by atoms with Gasteiger partial charge in [-0.15, -0.1) is 0 Å². The van der Waals surface area contributed by atoms with Crippen LogP contribution in [0.1, 0.15) is 45.6 Å². The first-order valence-electron chi connectivity index (χ1n) is 6.32. The van der Waals surface area contributed by atoms with Crippen LogP contribution in [-0.4, -0.2) is 16.8 Å². The van der Waals surface area contributed by atoms with Crippen LogP contribution in [0.3, 0.4) is 0 Å². The Bertz CT molecular complexity index is 482. The average molecular weight is 265 g/mol. The number of carbonyl (C=O) groups is 1. The summed E-state index contributed by atoms with van der Waals surface area (Å²) in [7, 11) is 0. The molecular weight excluding hydrogens is 246 g/mol. The summed E-state index contributed by atoms with van der Waals surface area (Å²) in [5.41, 5.74) is 0.687. The zero-order chi connectivity index (χ0) is 14.6. The van der Waals surface area contributed by atoms with Crippen molar-refractivity contribution in [3.05, 3.63) is 33.9 Å². The molecule has 0 amide bonds. The summed E-state index contributed by atoms with van der Waals surface area (Å²) < 4.78 is 5.47. The number of ether oxygens (including phenoxy) is 1. The van der Waals surface area contributed by atoms with Gasteiger partial charge in [0, 0.05) is 12.0 Å². The third-order valence-corrected chi connectivity index (χ3v) is 2.84. The molecule has 0 spiro atoms. The largest absolute Gasteiger partial charge is 0.484 e. The zero-order valence-electron chi connectivity index (χ0n) is 11.7. The smallest absolute Gasteiger partial charge is 0.310 e. The molecule has 5 heteroatoms. The van der Waals surface area contributed by atoms with Gasteiger partial charge in [0.05, 0.1) is 11.0 Å². The summed E-state index contributed by atoms with van der Waals surface area (Å²) in [5.74, 6) is 0.0272. The van der Waals surface area contributed by atoms with E-state index in [4.69, 9.17) is 4.74 Å². The fourth-order valence-electron chi connectivity index (χ4n) is 2.00. The SMILES string of the molecule is CCC(C(C)=O)c1ccc([N+](=O)[O-])c(OC(C)C)c1. The van der Waals surface area contributed by atoms with Crippen molar-refractivity contribution in [2.75, 3.05) is 0 Å². The molecule has 1 aromatic carbocycles. The number of ketones is 1. The molecule has 1 unspecified atom stereocenters. The second kappa shape index (κ2) is 6.31. The van der Waals surface area contributed by atoms with Crippen LogP contribution in [-0.2, 0) is 4.79 Å². The van der Waals surface area contributed by atoms with Gasteiger partial charge in [0.15, 0.2) is 5.75 Å². The Hall–Kier alpha value is -1.91. The minimum Gasteiger partial charge on any atom is -0.484 e. The number of nitro groups is 1. The molecule has 0 N–H and O–H groups in total. The van der Waals surface area contributed by atoms with Crippen LogP contribution in [0.4, 0.5) is 5.69 Å². The van der Waals surface area contributed by atoms with Gasteiger partial charge in [-0.2, -0.15) is 0 Å². The molecular formula is C14H19NO4. The highest BCUT2D eigenvalue weighted by atomic mass is 16.6. The van der Waals surface area contributed by atoms with E-state index in [-0.39, 0.29) is 29.2 Å². The molecule has 0 bridgehead atoms. The Morgan fingerprint density at radius 1 is 1.42 bits per heavy atom. The summed E-state index contributed by atoms with van der Waals surface area (Å²) in [5, 5.41) is 10.9. The van der Waals surface area contributed by atoms with Crippen molar-refractivity contribution in [1.29, 1.82) is 0 Å². The van der Waals surface area contributed by atoms with Crippen molar-refractivity contribution in [2.45, 2.75) is 46.1 Å². The lowest BCUT2D eigenvalue weighted by Gasteiger charge is -2.15. The average Bonchev–Trinajstić information content (AvgIpc) is 2.28. The van der Waals surface area contributed by atoms with Gasteiger partial charge in [0.1, 0.15) is 5.78 Å². The van der Waals surface area contributed by atoms with Gasteiger partial charge in [0.25, 0.3) is 0 Å². The molecule has 5 nitrogen and oxygen atoms in total. The Morgan fingerprint density at radius 2 is 2.05 bits per heavy atom. The molecule has 1 aromatic rings. The number of hydrogen-bond donors (Lipinski definition) is 0. The number of Topliss-reactive ketones (excluding diaryl/α,β-unsaturated/α-hetero) is 1. The van der Waals surface area contributed by atoms with Crippen molar-refractivity contribution in [3.63, 3.8) is 0 Å². The lowest BCUT2D eigenvalue weighted by Crippen LogP contribution is -2.11. The van der Waals surface area contributed by atoms with Crippen molar-refractivity contribution >= 4 is 11.5 Å². The molecule has 1 atom stereocenters. The second-order valence-electron chi connectivity index (χ2n) is 4.72. The summed E-state index contributed by atoms with van der Waals surface area (Å²) in [4.78, 5) is 22.0. The lowest BCUT2D eigenvalue weighted by atomic mass is 9.92. The molecule has 0 heterocycles. The van der Waals surface area contributed by atoms with Crippen molar-refractivity contribution < 1.29 is 14.5 Å². The number of benzene rings is 1. The minimum absolute atomic E-state index is 0.0480. The van der Waals surface area contributed by atoms with Crippen molar-refractivity contribution in [1.82, 2.24) is 0 Å². The highest BCUT2D eigenvalue weighted by Gasteiger charge is 2.21. The maximum absolute atomic E-state index is 11.6. The van der Waals surface area contributed by atoms with Gasteiger partial charge in [-0.25, -0.2) is 0 Å². The van der Waals surface area contributed by atoms with E-state index in [0.717, 1.165) is 5.56 Å². The third kappa shape index (κ3) is 3.77. The highest BCUT2D eigenvalue weighted by molar-refractivity contribution is 5.83. The molecule has 0 aromatic heterocycles. The first kappa shape index (κ1) is 15.1. The number of rotatable bonds is 6. The summed E-state index contributed by atoms with van der Waals surface area (Å²) >= 11 is 0. The van der Waals surface area contributed by atoms with Crippen LogP contribution in [0.2, 0.25) is 0 Å². The van der Waals surface area contributed by atoms with Gasteiger partial charge in [0.2, 0.25) is 0 Å². The summed E-state index contributed by atoms with van der Waals surface area (Å²) in [6.45, 7) is 7.05. The first-order valence-corrected chi connectivity index (χ1v) is 6.32. The fraction of sp³-hybridized carbons (Fsp3) is 0.500. The fourth-order valence-corrected chi connectivity index (χ4v) is 2.00. The van der Waals surface area contributed by atoms with E-state index in [0.29, 0.717) is 6.42 Å². The molecule has 0 fully saturated rings. The van der Waals surface area contributed by atoms with Gasteiger partial charge in [-0.1, -0.05) is 13.0 Å². The standard InChI is InChI=1S/C14H19NO4/c1-5-12(10(4)16)11-6-7-13(15(17)18)14(8-11)19-9(2)3/h6-9,12H,5H2,1-4H3. The monoisotopic (exact) mass is 265 g/mol. The minimum atomic E-state index is -0.476. The van der Waals surface area contributed by atoms with E-state index >= 15 is 0 Å². The molecule has 0 aliphatic carbocycles. The van der Waals surface area contributed by atoms with Crippen LogP contribution >= 0.6 is 0 Å². The number of hydrogen-bond acceptors (Lipinski definition) is 4. The number of nitrogens with zero attached hydrogens (tertiary/aromatic N) is 1. The molecule has 0 aliphatic heterocycles. The summed E-state index contributed by atoms with van der Waals surface area (Å²) in [6.07, 6.45) is 0.500. The molecule has 0 saturated heterocycles. The Balaban J connectivity index is 3.24. The number of nitro benzene ring substituents is 1. The molecule has 1 rings (SSSR count). The predicted octanol–water partition coefficient (Wildman–Crippen LogP) is 3.46. The van der Waals surface area contributed by atoms with E-state index < -0.39 is 4.92 Å². The molecule has 19 heavy (non-hydrogen) atoms. The Labute approximate surface area is 112 Å². The van der Waals surface area contributed by atoms with Crippen LogP contribution in [0, 0.1) is 10.1 Å². The van der Waals surface area contributed by atoms with E-state index in [1.54, 1.807) is 26.0 Å². The van der Waals surface area contributed by atoms with Crippen LogP contribution < -0.4 is 4.74 Å². The summed E-state index contributed by atoms with van der Waals surface area (Å²) in [6, 6.07) is 4.63. The first-order chi connectivity index (χ1) is 8.86. The highest BCUT2D eigenvalue weighted by Crippen LogP contribution is 2.32. The lowest BCUT2D eigenvalue weighted by molar-refractivity contribution is -0.386. The Morgan fingerprint density at radius 3 is 2.47 bits per heavy atom. The predicted molar refractivity (Wildman–Crippen MR) is 72.6 cm³/mol. The van der Waals surface area contributed by atoms with Crippen molar-refractivity contribution in [3.8, 4) is 5.75 Å². The van der Waals surface area contributed by atoms with Gasteiger partial charge in [-0.3, -0.25) is 14.9 Å². The van der Waals surface area contributed by atoms with E-state index in [2.05, 4.69) is 0 Å². The van der Waals surface area contributed by atoms with Crippen molar-refractivity contribution in [2.24, 2.45) is 0 Å². The molecule has 0 aliphatic rings. The van der Waals surface area contributed by atoms with E-state index in [1.165, 1.54) is 13.0 Å². The number of carbonyl (C=O) groups excluding carboxylic acids is 1. The quantitative estimate of drug-likeness (QED) is 0.583. The van der Waals surface area contributed by atoms with E-state index in [9.17, 15) is 14.9 Å². The second-order valence-corrected chi connectivity index (χ2v) is 4.72. The van der Waals surface area contributed by atoms with Crippen LogP contribution in [0.15, 0.2) is 18.2 Å². The maximum Gasteiger partial charge on any atom is 0.310 e. The molecule has 104 valence electrons. The Kier molecular flexibility index (Phi) is 5.03. The van der Waals surface area contributed by atoms with E-state index in [1.807, 2.05) is 6.92 Å². The molecule has 0 radical (unpaired) electrons. The third-order valence-electron chi connectivity index (χ3n) is 2.84.